The third-order valence-corrected chi connectivity index (χ3v) is 4.85. The Labute approximate surface area is 164 Å². The molecule has 3 rings (SSSR count). The van der Waals surface area contributed by atoms with Gasteiger partial charge >= 0.3 is 6.09 Å². The van der Waals surface area contributed by atoms with Crippen molar-refractivity contribution < 1.29 is 14.5 Å². The van der Waals surface area contributed by atoms with Gasteiger partial charge in [0.15, 0.2) is 0 Å². The maximum absolute atomic E-state index is 13.0. The number of rotatable bonds is 2. The van der Waals surface area contributed by atoms with E-state index >= 15 is 0 Å². The van der Waals surface area contributed by atoms with Gasteiger partial charge in [0.2, 0.25) is 0 Å². The number of nitro groups is 1. The number of nitrogens with zero attached hydrogens (tertiary/aromatic N) is 2. The van der Waals surface area contributed by atoms with Gasteiger partial charge in [-0.15, -0.1) is 5.54 Å². The van der Waals surface area contributed by atoms with Crippen molar-refractivity contribution in [2.75, 3.05) is 4.90 Å². The summed E-state index contributed by atoms with van der Waals surface area (Å²) in [6, 6.07) is 12.6. The van der Waals surface area contributed by atoms with E-state index in [0.29, 0.717) is 17.0 Å². The number of fused-ring (bicyclic) bond motifs is 1. The largest absolute Gasteiger partial charge is 0.421 e. The Morgan fingerprint density at radius 3 is 2.54 bits per heavy atom. The summed E-state index contributed by atoms with van der Waals surface area (Å²) < 4.78 is 5.51. The second kappa shape index (κ2) is 7.70. The minimum absolute atomic E-state index is 0.0357. The topological polar surface area (TPSA) is 72.7 Å². The summed E-state index contributed by atoms with van der Waals surface area (Å²) in [5, 5.41) is 11.1. The zero-order chi connectivity index (χ0) is 20.3. The first-order valence-electron chi connectivity index (χ1n) is 8.80. The fourth-order valence-corrected chi connectivity index (χ4v) is 3.27. The molecule has 1 amide bonds. The molecule has 0 N–H and O–H groups in total. The number of nitro benzene ring substituents is 1. The van der Waals surface area contributed by atoms with Crippen molar-refractivity contribution in [3.05, 3.63) is 70.3 Å². The van der Waals surface area contributed by atoms with Crippen LogP contribution >= 0.6 is 0 Å². The molecular weight excluding hydrogens is 372 g/mol. The Bertz CT molecular complexity index is 1000. The molecule has 0 spiro atoms. The van der Waals surface area contributed by atoms with Gasteiger partial charge in [0.05, 0.1) is 10.6 Å². The second-order valence-corrected chi connectivity index (χ2v) is 12.1. The minimum atomic E-state index is -1.66. The van der Waals surface area contributed by atoms with E-state index in [1.807, 2.05) is 6.07 Å². The molecule has 0 bridgehead atoms. The van der Waals surface area contributed by atoms with Crippen LogP contribution in [0.1, 0.15) is 5.56 Å². The number of hydrogen-bond acceptors (Lipinski definition) is 4. The van der Waals surface area contributed by atoms with Crippen LogP contribution in [0.5, 0.6) is 5.75 Å². The standard InChI is InChI=1S/C21H20N2O4Si/c1-28(2,3)14-13-17-10-9-16-15-18(23(25)26)11-12-20(16)22(17)21(24)27-19-7-5-4-6-8-19/h4-12,15,17H,1-3H3. The molecule has 0 saturated heterocycles. The van der Waals surface area contributed by atoms with Crippen LogP contribution in [0, 0.1) is 21.6 Å². The summed E-state index contributed by atoms with van der Waals surface area (Å²) in [7, 11) is -1.66. The van der Waals surface area contributed by atoms with Crippen LogP contribution < -0.4 is 9.64 Å². The van der Waals surface area contributed by atoms with Crippen molar-refractivity contribution in [2.45, 2.75) is 25.7 Å². The van der Waals surface area contributed by atoms with Crippen molar-refractivity contribution in [3.8, 4) is 17.2 Å². The van der Waals surface area contributed by atoms with E-state index in [1.54, 1.807) is 42.5 Å². The fraction of sp³-hybridized carbons (Fsp3) is 0.190. The summed E-state index contributed by atoms with van der Waals surface area (Å²) in [6.07, 6.45) is 2.95. The molecule has 1 aliphatic rings. The lowest BCUT2D eigenvalue weighted by Gasteiger charge is -2.30. The molecule has 1 aliphatic heterocycles. The van der Waals surface area contributed by atoms with Gasteiger partial charge in [-0.1, -0.05) is 49.8 Å². The van der Waals surface area contributed by atoms with Crippen LogP contribution in [-0.4, -0.2) is 25.1 Å². The highest BCUT2D eigenvalue weighted by molar-refractivity contribution is 6.83. The van der Waals surface area contributed by atoms with Crippen LogP contribution in [0.2, 0.25) is 19.6 Å². The van der Waals surface area contributed by atoms with Crippen molar-refractivity contribution in [2.24, 2.45) is 0 Å². The zero-order valence-corrected chi connectivity index (χ0v) is 16.9. The number of benzene rings is 2. The number of para-hydroxylation sites is 1. The highest BCUT2D eigenvalue weighted by Gasteiger charge is 2.30. The third-order valence-electron chi connectivity index (χ3n) is 3.96. The van der Waals surface area contributed by atoms with Crippen LogP contribution in [0.25, 0.3) is 6.08 Å². The average molecular weight is 392 g/mol. The Hall–Kier alpha value is -3.37. The highest BCUT2D eigenvalue weighted by atomic mass is 28.3. The van der Waals surface area contributed by atoms with Crippen LogP contribution in [-0.2, 0) is 0 Å². The average Bonchev–Trinajstić information content (AvgIpc) is 2.65. The molecule has 28 heavy (non-hydrogen) atoms. The Morgan fingerprint density at radius 2 is 1.89 bits per heavy atom. The molecule has 7 heteroatoms. The number of carbonyl (C=O) groups is 1. The van der Waals surface area contributed by atoms with Gasteiger partial charge in [-0.05, 0) is 24.3 Å². The van der Waals surface area contributed by atoms with Crippen molar-refractivity contribution in [1.82, 2.24) is 0 Å². The van der Waals surface area contributed by atoms with Gasteiger partial charge < -0.3 is 4.74 Å². The van der Waals surface area contributed by atoms with Gasteiger partial charge in [-0.3, -0.25) is 15.0 Å². The monoisotopic (exact) mass is 392 g/mol. The normalized spacial score (nSPS) is 15.2. The number of ether oxygens (including phenoxy) is 1. The summed E-state index contributed by atoms with van der Waals surface area (Å²) in [6.45, 7) is 6.36. The van der Waals surface area contributed by atoms with E-state index in [0.717, 1.165) is 0 Å². The van der Waals surface area contributed by atoms with E-state index in [1.165, 1.54) is 17.0 Å². The quantitative estimate of drug-likeness (QED) is 0.316. The zero-order valence-electron chi connectivity index (χ0n) is 15.9. The van der Waals surface area contributed by atoms with Gasteiger partial charge in [0.1, 0.15) is 19.9 Å². The summed E-state index contributed by atoms with van der Waals surface area (Å²) in [5.74, 6) is 3.59. The lowest BCUT2D eigenvalue weighted by atomic mass is 10.0. The molecule has 0 radical (unpaired) electrons. The van der Waals surface area contributed by atoms with Gasteiger partial charge in [0, 0.05) is 17.7 Å². The lowest BCUT2D eigenvalue weighted by molar-refractivity contribution is -0.384. The molecule has 142 valence electrons. The fourth-order valence-electron chi connectivity index (χ4n) is 2.69. The summed E-state index contributed by atoms with van der Waals surface area (Å²) >= 11 is 0. The molecule has 0 aliphatic carbocycles. The molecule has 1 unspecified atom stereocenters. The van der Waals surface area contributed by atoms with E-state index in [4.69, 9.17) is 4.74 Å². The molecule has 0 saturated carbocycles. The van der Waals surface area contributed by atoms with E-state index in [9.17, 15) is 14.9 Å². The molecule has 2 aromatic rings. The summed E-state index contributed by atoms with van der Waals surface area (Å²) in [5.41, 5.74) is 4.35. The van der Waals surface area contributed by atoms with E-state index in [2.05, 4.69) is 31.1 Å². The van der Waals surface area contributed by atoms with Crippen molar-refractivity contribution in [1.29, 1.82) is 0 Å². The van der Waals surface area contributed by atoms with Gasteiger partial charge in [-0.25, -0.2) is 4.79 Å². The Kier molecular flexibility index (Phi) is 5.33. The predicted molar refractivity (Wildman–Crippen MR) is 112 cm³/mol. The molecule has 6 nitrogen and oxygen atoms in total. The van der Waals surface area contributed by atoms with E-state index in [-0.39, 0.29) is 5.69 Å². The molecule has 0 fully saturated rings. The first kappa shape index (κ1) is 19.4. The van der Waals surface area contributed by atoms with E-state index < -0.39 is 25.1 Å². The first-order valence-corrected chi connectivity index (χ1v) is 12.3. The third kappa shape index (κ3) is 4.48. The molecule has 2 aromatic carbocycles. The Balaban J connectivity index is 2.01. The summed E-state index contributed by atoms with van der Waals surface area (Å²) in [4.78, 5) is 25.0. The van der Waals surface area contributed by atoms with Gasteiger partial charge in [0.25, 0.3) is 5.69 Å². The van der Waals surface area contributed by atoms with Gasteiger partial charge in [-0.2, -0.15) is 0 Å². The van der Waals surface area contributed by atoms with Crippen LogP contribution in [0.3, 0.4) is 0 Å². The van der Waals surface area contributed by atoms with Crippen LogP contribution in [0.15, 0.2) is 54.6 Å². The molecular formula is C21H20N2O4Si. The number of anilines is 1. The number of carbonyl (C=O) groups excluding carboxylic acids is 1. The number of hydrogen-bond donors (Lipinski definition) is 0. The highest BCUT2D eigenvalue weighted by Crippen LogP contribution is 2.32. The maximum Gasteiger partial charge on any atom is 0.421 e. The second-order valence-electron chi connectivity index (χ2n) is 7.37. The number of amides is 1. The maximum atomic E-state index is 13.0. The smallest absolute Gasteiger partial charge is 0.410 e. The lowest BCUT2D eigenvalue weighted by Crippen LogP contribution is -2.42. The van der Waals surface area contributed by atoms with Crippen LogP contribution in [0.4, 0.5) is 16.2 Å². The molecule has 1 atom stereocenters. The minimum Gasteiger partial charge on any atom is -0.410 e. The molecule has 1 heterocycles. The first-order chi connectivity index (χ1) is 13.2. The van der Waals surface area contributed by atoms with Crippen molar-refractivity contribution >= 4 is 31.6 Å². The van der Waals surface area contributed by atoms with Crippen molar-refractivity contribution in [3.63, 3.8) is 0 Å². The SMILES string of the molecule is C[Si](C)(C)C#CC1C=Cc2cc([N+](=O)[O-])ccc2N1C(=O)Oc1ccccc1. The molecule has 0 aromatic heterocycles. The Morgan fingerprint density at radius 1 is 1.18 bits per heavy atom. The number of non-ortho nitro benzene ring substituents is 1. The predicted octanol–water partition coefficient (Wildman–Crippen LogP) is 4.88.